The first kappa shape index (κ1) is 49.6. The summed E-state index contributed by atoms with van der Waals surface area (Å²) in [5, 5.41) is 0. The van der Waals surface area contributed by atoms with Crippen LogP contribution in [-0.2, 0) is 38.9 Å². The Morgan fingerprint density at radius 1 is 0.358 bits per heavy atom. The van der Waals surface area contributed by atoms with Crippen LogP contribution in [0.3, 0.4) is 0 Å². The van der Waals surface area contributed by atoms with E-state index in [4.69, 9.17) is 18.9 Å². The number of benzene rings is 7. The van der Waals surface area contributed by atoms with Crippen molar-refractivity contribution in [3.05, 3.63) is 201 Å². The first-order valence-electron chi connectivity index (χ1n) is 27.4. The third-order valence-electron chi connectivity index (χ3n) is 16.5. The highest BCUT2D eigenvalue weighted by Crippen LogP contribution is 2.38. The lowest BCUT2D eigenvalue weighted by atomic mass is 9.94. The van der Waals surface area contributed by atoms with Crippen LogP contribution in [-0.4, -0.2) is 112 Å². The van der Waals surface area contributed by atoms with E-state index in [2.05, 4.69) is 56.4 Å². The van der Waals surface area contributed by atoms with Crippen LogP contribution in [0.15, 0.2) is 166 Å². The van der Waals surface area contributed by atoms with Crippen LogP contribution in [0.25, 0.3) is 0 Å². The molecule has 0 spiro atoms. The molecule has 81 heavy (non-hydrogen) atoms. The maximum Gasteiger partial charge on any atom is 0.256 e. The molecule has 0 bridgehead atoms. The summed E-state index contributed by atoms with van der Waals surface area (Å²) < 4.78 is 23.4. The molecule has 402 valence electrons. The summed E-state index contributed by atoms with van der Waals surface area (Å²) in [6, 6.07) is 45.8. The van der Waals surface area contributed by atoms with Gasteiger partial charge in [0.1, 0.15) is 23.0 Å². The topological polar surface area (TPSA) is 168 Å². The van der Waals surface area contributed by atoms with Gasteiger partial charge in [0.15, 0.2) is 0 Å². The fourth-order valence-corrected chi connectivity index (χ4v) is 12.1. The zero-order valence-corrected chi connectivity index (χ0v) is 44.1. The summed E-state index contributed by atoms with van der Waals surface area (Å²) in [7, 11) is 0. The fourth-order valence-electron chi connectivity index (χ4n) is 12.1. The number of carbonyl (C=O) groups is 4. The van der Waals surface area contributed by atoms with Crippen LogP contribution < -0.4 is 18.9 Å². The van der Waals surface area contributed by atoms with Crippen molar-refractivity contribution in [3.8, 4) is 23.0 Å². The van der Waals surface area contributed by atoms with Gasteiger partial charge in [-0.05, 0) is 114 Å². The van der Waals surface area contributed by atoms with E-state index in [1.54, 1.807) is 72.8 Å². The SMILES string of the molecule is O=C1c2ccc(OCOc3ccc4c(c3)N=C[C@@H]3Cc5ccccc5CN3C4=O)cc2N=C[C@@H]2CCCN12.O=C1c2ccc(OCOc3ccc4c(c3)N=C[C@@H]3Cc5ccccc5CN3C4=O)cc2N=C[C@@H]2Cc3ccccc3CN12. The number of fused-ring (bicyclic) bond motifs is 11. The summed E-state index contributed by atoms with van der Waals surface area (Å²) in [6.45, 7) is 2.39. The molecular weight excluding hydrogens is 1020 g/mol. The van der Waals surface area contributed by atoms with Crippen LogP contribution in [0.4, 0.5) is 22.7 Å². The molecule has 0 unspecified atom stereocenters. The molecule has 1 saturated heterocycles. The number of carbonyl (C=O) groups excluding carboxylic acids is 4. The predicted octanol–water partition coefficient (Wildman–Crippen LogP) is 10.4. The van der Waals surface area contributed by atoms with Gasteiger partial charge in [0.2, 0.25) is 13.6 Å². The van der Waals surface area contributed by atoms with E-state index < -0.39 is 0 Å². The van der Waals surface area contributed by atoms with Gasteiger partial charge in [-0.15, -0.1) is 0 Å². The zero-order chi connectivity index (χ0) is 54.6. The Kier molecular flexibility index (Phi) is 12.8. The molecule has 8 aliphatic rings. The third-order valence-corrected chi connectivity index (χ3v) is 16.5. The minimum Gasteiger partial charge on any atom is -0.457 e. The van der Waals surface area contributed by atoms with Crippen molar-refractivity contribution >= 4 is 71.2 Å². The minimum absolute atomic E-state index is 0.0166. The Morgan fingerprint density at radius 2 is 0.654 bits per heavy atom. The van der Waals surface area contributed by atoms with E-state index in [9.17, 15) is 19.2 Å². The fraction of sp³-hybridized carbons (Fsp3) is 0.231. The largest absolute Gasteiger partial charge is 0.457 e. The van der Waals surface area contributed by atoms with Crippen molar-refractivity contribution in [2.75, 3.05) is 20.1 Å². The van der Waals surface area contributed by atoms with Crippen molar-refractivity contribution in [2.24, 2.45) is 20.0 Å². The molecule has 7 aromatic carbocycles. The molecule has 0 radical (unpaired) electrons. The third kappa shape index (κ3) is 9.55. The number of ether oxygens (including phenoxy) is 4. The summed E-state index contributed by atoms with van der Waals surface area (Å²) in [6.07, 6.45) is 11.7. The zero-order valence-electron chi connectivity index (χ0n) is 44.1. The maximum absolute atomic E-state index is 13.4. The van der Waals surface area contributed by atoms with E-state index >= 15 is 0 Å². The standard InChI is InChI=1S/C35H28N4O4.C30H26N4O4/c40-34-30-11-9-28(15-32(30)36-17-26-13-22-5-1-3-7-24(22)19-38(26)34)42-21-43-29-10-12-31-33(16-29)37-18-27-14-23-6-2-4-8-25(23)20-39(27)35(31)41;35-29-25-9-7-23(13-27(25)31-15-21-6-3-11-33(21)29)37-18-38-24-8-10-26-28(14-24)32-16-22-12-19-4-1-2-5-20(19)17-34(22)30(26)36/h1-12,15-18,26-27H,13-14,19-21H2;1-2,4-5,7-10,13-16,21-22H,3,6,11-12,17-18H2/t26-,27-;21-,22-/m00/s1. The number of hydrogen-bond acceptors (Lipinski definition) is 12. The molecule has 0 aromatic heterocycles. The van der Waals surface area contributed by atoms with E-state index in [-0.39, 0.29) is 61.4 Å². The highest BCUT2D eigenvalue weighted by atomic mass is 16.7. The number of hydrogen-bond donors (Lipinski definition) is 0. The van der Waals surface area contributed by atoms with Gasteiger partial charge in [-0.25, -0.2) is 0 Å². The summed E-state index contributed by atoms with van der Waals surface area (Å²) in [4.78, 5) is 79.2. The van der Waals surface area contributed by atoms with Crippen molar-refractivity contribution in [1.82, 2.24) is 19.6 Å². The predicted molar refractivity (Wildman–Crippen MR) is 306 cm³/mol. The molecule has 16 heteroatoms. The summed E-state index contributed by atoms with van der Waals surface area (Å²) in [5.41, 5.74) is 11.9. The van der Waals surface area contributed by atoms with E-state index in [1.165, 1.54) is 33.4 Å². The van der Waals surface area contributed by atoms with E-state index in [1.807, 2.05) is 80.9 Å². The molecule has 0 saturated carbocycles. The van der Waals surface area contributed by atoms with Crippen molar-refractivity contribution < 1.29 is 38.1 Å². The Morgan fingerprint density at radius 3 is 0.988 bits per heavy atom. The molecule has 4 amide bonds. The second kappa shape index (κ2) is 20.8. The van der Waals surface area contributed by atoms with Gasteiger partial charge in [0.25, 0.3) is 23.6 Å². The maximum atomic E-state index is 13.4. The van der Waals surface area contributed by atoms with Gasteiger partial charge in [-0.2, -0.15) is 0 Å². The van der Waals surface area contributed by atoms with E-state index in [0.29, 0.717) is 87.6 Å². The molecule has 4 atom stereocenters. The van der Waals surface area contributed by atoms with Gasteiger partial charge < -0.3 is 38.5 Å². The van der Waals surface area contributed by atoms with Crippen molar-refractivity contribution in [3.63, 3.8) is 0 Å². The first-order valence-corrected chi connectivity index (χ1v) is 27.4. The highest BCUT2D eigenvalue weighted by molar-refractivity contribution is 6.05. The Balaban J connectivity index is 0.000000147. The van der Waals surface area contributed by atoms with Crippen molar-refractivity contribution in [1.29, 1.82) is 0 Å². The molecule has 7 aromatic rings. The molecule has 8 heterocycles. The minimum atomic E-state index is -0.0821. The van der Waals surface area contributed by atoms with Gasteiger partial charge in [-0.3, -0.25) is 39.1 Å². The first-order chi connectivity index (χ1) is 39.7. The quantitative estimate of drug-likeness (QED) is 0.136. The molecule has 1 fully saturated rings. The molecule has 8 aliphatic heterocycles. The lowest BCUT2D eigenvalue weighted by molar-refractivity contribution is 0.0696. The van der Waals surface area contributed by atoms with Crippen molar-refractivity contribution in [2.45, 2.75) is 75.9 Å². The lowest BCUT2D eigenvalue weighted by Gasteiger charge is -2.34. The Hall–Kier alpha value is -9.70. The van der Waals surface area contributed by atoms with Gasteiger partial charge >= 0.3 is 0 Å². The lowest BCUT2D eigenvalue weighted by Crippen LogP contribution is -2.44. The number of aliphatic imine (C=N–C) groups is 4. The average Bonchev–Trinajstić information content (AvgIpc) is 3.88. The molecule has 0 N–H and O–H groups in total. The smallest absolute Gasteiger partial charge is 0.256 e. The number of nitrogens with zero attached hydrogens (tertiary/aromatic N) is 8. The van der Waals surface area contributed by atoms with Crippen LogP contribution >= 0.6 is 0 Å². The van der Waals surface area contributed by atoms with Crippen LogP contribution in [0, 0.1) is 0 Å². The number of amides is 4. The second-order valence-corrected chi connectivity index (χ2v) is 21.3. The summed E-state index contributed by atoms with van der Waals surface area (Å²) in [5.74, 6) is 2.14. The Bertz CT molecular complexity index is 3720. The summed E-state index contributed by atoms with van der Waals surface area (Å²) >= 11 is 0. The van der Waals surface area contributed by atoms with Crippen LogP contribution in [0.5, 0.6) is 23.0 Å². The molecule has 16 nitrogen and oxygen atoms in total. The van der Waals surface area contributed by atoms with Crippen LogP contribution in [0.1, 0.15) is 87.7 Å². The molecular formula is C65H54N8O8. The van der Waals surface area contributed by atoms with Gasteiger partial charge in [0, 0.05) is 75.3 Å². The highest BCUT2D eigenvalue weighted by Gasteiger charge is 2.36. The Labute approximate surface area is 467 Å². The van der Waals surface area contributed by atoms with Gasteiger partial charge in [-0.1, -0.05) is 72.8 Å². The normalized spacial score (nSPS) is 20.3. The number of rotatable bonds is 8. The average molecular weight is 1080 g/mol. The van der Waals surface area contributed by atoms with Crippen LogP contribution in [0.2, 0.25) is 0 Å². The molecule has 0 aliphatic carbocycles. The monoisotopic (exact) mass is 1070 g/mol. The second-order valence-electron chi connectivity index (χ2n) is 21.3. The molecule has 15 rings (SSSR count). The van der Waals surface area contributed by atoms with Gasteiger partial charge in [0.05, 0.1) is 69.2 Å². The van der Waals surface area contributed by atoms with E-state index in [0.717, 1.165) is 38.6 Å².